The highest BCUT2D eigenvalue weighted by atomic mass is 19.1. The van der Waals surface area contributed by atoms with E-state index in [0.717, 1.165) is 12.3 Å². The second kappa shape index (κ2) is 4.81. The fraction of sp³-hybridized carbons (Fsp3) is 0.400. The molecule has 1 rings (SSSR count). The van der Waals surface area contributed by atoms with E-state index in [1.165, 1.54) is 0 Å². The topological polar surface area (TPSA) is 79.7 Å². The molecule has 0 atom stereocenters. The standard InChI is InChI=1S/C10H13BFNO4/c1-10(2,3)17-9(14)8-7(11(15)16)4-6(12)5-13-8/h4-5,15-16H,1-3H3. The molecular weight excluding hydrogens is 228 g/mol. The zero-order chi connectivity index (χ0) is 13.2. The van der Waals surface area contributed by atoms with Gasteiger partial charge in [-0.1, -0.05) is 0 Å². The summed E-state index contributed by atoms with van der Waals surface area (Å²) in [5.74, 6) is -1.60. The lowest BCUT2D eigenvalue weighted by atomic mass is 9.79. The van der Waals surface area contributed by atoms with Crippen LogP contribution in [-0.2, 0) is 4.74 Å². The first-order valence-electron chi connectivity index (χ1n) is 4.95. The summed E-state index contributed by atoms with van der Waals surface area (Å²) in [7, 11) is -1.99. The summed E-state index contributed by atoms with van der Waals surface area (Å²) in [4.78, 5) is 15.2. The monoisotopic (exact) mass is 241 g/mol. The highest BCUT2D eigenvalue weighted by molar-refractivity contribution is 6.60. The van der Waals surface area contributed by atoms with Crippen LogP contribution in [0.15, 0.2) is 12.3 Å². The number of halogens is 1. The van der Waals surface area contributed by atoms with Gasteiger partial charge in [-0.05, 0) is 26.8 Å². The molecule has 0 aromatic carbocycles. The summed E-state index contributed by atoms with van der Waals surface area (Å²) in [6, 6.07) is 0.830. The lowest BCUT2D eigenvalue weighted by Gasteiger charge is -2.19. The van der Waals surface area contributed by atoms with E-state index in [0.29, 0.717) is 0 Å². The molecule has 92 valence electrons. The fourth-order valence-electron chi connectivity index (χ4n) is 1.15. The number of carbonyl (C=O) groups is 1. The summed E-state index contributed by atoms with van der Waals surface area (Å²) in [6.45, 7) is 4.97. The molecular formula is C10H13BFNO4. The molecule has 0 bridgehead atoms. The predicted octanol–water partition coefficient (Wildman–Crippen LogP) is -0.144. The zero-order valence-electron chi connectivity index (χ0n) is 9.77. The van der Waals surface area contributed by atoms with Crippen LogP contribution in [0.2, 0.25) is 0 Å². The predicted molar refractivity (Wildman–Crippen MR) is 59.2 cm³/mol. The third-order valence-electron chi connectivity index (χ3n) is 1.75. The van der Waals surface area contributed by atoms with Crippen LogP contribution in [0.25, 0.3) is 0 Å². The lowest BCUT2D eigenvalue weighted by molar-refractivity contribution is 0.00639. The van der Waals surface area contributed by atoms with Gasteiger partial charge in [-0.2, -0.15) is 0 Å². The first kappa shape index (κ1) is 13.6. The fourth-order valence-corrected chi connectivity index (χ4v) is 1.15. The van der Waals surface area contributed by atoms with Crippen LogP contribution in [0.1, 0.15) is 31.3 Å². The summed E-state index contributed by atoms with van der Waals surface area (Å²) in [6.07, 6.45) is 0.811. The van der Waals surface area contributed by atoms with Gasteiger partial charge < -0.3 is 14.8 Å². The van der Waals surface area contributed by atoms with Crippen molar-refractivity contribution in [2.24, 2.45) is 0 Å². The third kappa shape index (κ3) is 3.79. The maximum atomic E-state index is 12.9. The van der Waals surface area contributed by atoms with E-state index in [-0.39, 0.29) is 11.2 Å². The van der Waals surface area contributed by atoms with Gasteiger partial charge in [0.2, 0.25) is 0 Å². The highest BCUT2D eigenvalue weighted by Gasteiger charge is 2.26. The van der Waals surface area contributed by atoms with Gasteiger partial charge in [0.15, 0.2) is 0 Å². The lowest BCUT2D eigenvalue weighted by Crippen LogP contribution is -2.38. The Morgan fingerprint density at radius 3 is 2.53 bits per heavy atom. The van der Waals surface area contributed by atoms with Crippen molar-refractivity contribution in [3.63, 3.8) is 0 Å². The third-order valence-corrected chi connectivity index (χ3v) is 1.75. The summed E-state index contributed by atoms with van der Waals surface area (Å²) in [5, 5.41) is 18.0. The molecule has 1 heterocycles. The number of aromatic nitrogens is 1. The summed E-state index contributed by atoms with van der Waals surface area (Å²) >= 11 is 0. The van der Waals surface area contributed by atoms with Gasteiger partial charge in [-0.15, -0.1) is 0 Å². The molecule has 17 heavy (non-hydrogen) atoms. The van der Waals surface area contributed by atoms with E-state index >= 15 is 0 Å². The Labute approximate surface area is 98.4 Å². The minimum Gasteiger partial charge on any atom is -0.455 e. The first-order valence-corrected chi connectivity index (χ1v) is 4.95. The Kier molecular flexibility index (Phi) is 3.85. The van der Waals surface area contributed by atoms with Gasteiger partial charge in [0.25, 0.3) is 0 Å². The maximum Gasteiger partial charge on any atom is 0.491 e. The van der Waals surface area contributed by atoms with Gasteiger partial charge in [0.1, 0.15) is 17.1 Å². The molecule has 0 saturated carbocycles. The van der Waals surface area contributed by atoms with Crippen molar-refractivity contribution in [1.82, 2.24) is 4.98 Å². The minimum atomic E-state index is -1.99. The first-order chi connectivity index (χ1) is 7.70. The second-order valence-corrected chi connectivity index (χ2v) is 4.47. The van der Waals surface area contributed by atoms with E-state index in [1.54, 1.807) is 20.8 Å². The Morgan fingerprint density at radius 2 is 2.06 bits per heavy atom. The molecule has 0 amide bonds. The highest BCUT2D eigenvalue weighted by Crippen LogP contribution is 2.10. The molecule has 0 aliphatic carbocycles. The number of esters is 1. The van der Waals surface area contributed by atoms with E-state index in [2.05, 4.69) is 4.98 Å². The second-order valence-electron chi connectivity index (χ2n) is 4.47. The molecule has 0 fully saturated rings. The average molecular weight is 241 g/mol. The SMILES string of the molecule is CC(C)(C)OC(=O)c1ncc(F)cc1B(O)O. The number of rotatable bonds is 2. The average Bonchev–Trinajstić information content (AvgIpc) is 2.14. The maximum absolute atomic E-state index is 12.9. The van der Waals surface area contributed by atoms with Crippen LogP contribution in [-0.4, -0.2) is 33.7 Å². The Morgan fingerprint density at radius 1 is 1.47 bits per heavy atom. The van der Waals surface area contributed by atoms with Gasteiger partial charge >= 0.3 is 13.1 Å². The molecule has 1 aromatic heterocycles. The van der Waals surface area contributed by atoms with E-state index in [1.807, 2.05) is 0 Å². The summed E-state index contributed by atoms with van der Waals surface area (Å²) < 4.78 is 17.9. The summed E-state index contributed by atoms with van der Waals surface area (Å²) in [5.41, 5.74) is -1.37. The Hall–Kier alpha value is -1.47. The smallest absolute Gasteiger partial charge is 0.455 e. The van der Waals surface area contributed by atoms with Crippen LogP contribution in [0, 0.1) is 5.82 Å². The number of pyridine rings is 1. The Bertz CT molecular complexity index is 431. The minimum absolute atomic E-state index is 0.309. The zero-order valence-corrected chi connectivity index (χ0v) is 9.77. The van der Waals surface area contributed by atoms with Crippen LogP contribution in [0.3, 0.4) is 0 Å². The molecule has 0 radical (unpaired) electrons. The quantitative estimate of drug-likeness (QED) is 0.556. The molecule has 0 unspecified atom stereocenters. The number of ether oxygens (including phenoxy) is 1. The van der Waals surface area contributed by atoms with Gasteiger partial charge in [-0.3, -0.25) is 0 Å². The van der Waals surface area contributed by atoms with Crippen molar-refractivity contribution in [3.05, 3.63) is 23.8 Å². The molecule has 0 saturated heterocycles. The van der Waals surface area contributed by atoms with E-state index < -0.39 is 24.5 Å². The molecule has 1 aromatic rings. The molecule has 0 aliphatic rings. The van der Waals surface area contributed by atoms with Crippen LogP contribution >= 0.6 is 0 Å². The normalized spacial score (nSPS) is 11.2. The van der Waals surface area contributed by atoms with Crippen LogP contribution in [0.5, 0.6) is 0 Å². The van der Waals surface area contributed by atoms with Crippen molar-refractivity contribution < 1.29 is 24.0 Å². The van der Waals surface area contributed by atoms with E-state index in [9.17, 15) is 9.18 Å². The van der Waals surface area contributed by atoms with E-state index in [4.69, 9.17) is 14.8 Å². The van der Waals surface area contributed by atoms with Crippen molar-refractivity contribution >= 4 is 18.6 Å². The number of nitrogens with zero attached hydrogens (tertiary/aromatic N) is 1. The van der Waals surface area contributed by atoms with Crippen molar-refractivity contribution in [2.75, 3.05) is 0 Å². The van der Waals surface area contributed by atoms with Crippen molar-refractivity contribution in [1.29, 1.82) is 0 Å². The number of hydrogen-bond donors (Lipinski definition) is 2. The Balaban J connectivity index is 3.09. The molecule has 0 spiro atoms. The van der Waals surface area contributed by atoms with Gasteiger partial charge in [0.05, 0.1) is 6.20 Å². The van der Waals surface area contributed by atoms with Gasteiger partial charge in [0, 0.05) is 5.46 Å². The number of carbonyl (C=O) groups excluding carboxylic acids is 1. The largest absolute Gasteiger partial charge is 0.491 e. The van der Waals surface area contributed by atoms with Crippen molar-refractivity contribution in [3.8, 4) is 0 Å². The molecule has 5 nitrogen and oxygen atoms in total. The number of hydrogen-bond acceptors (Lipinski definition) is 5. The molecule has 7 heteroatoms. The van der Waals surface area contributed by atoms with Crippen molar-refractivity contribution in [2.45, 2.75) is 26.4 Å². The van der Waals surface area contributed by atoms with Crippen LogP contribution in [0.4, 0.5) is 4.39 Å². The van der Waals surface area contributed by atoms with Gasteiger partial charge in [-0.25, -0.2) is 14.2 Å². The molecule has 2 N–H and O–H groups in total. The molecule has 0 aliphatic heterocycles. The van der Waals surface area contributed by atoms with Crippen LogP contribution < -0.4 is 5.46 Å².